The van der Waals surface area contributed by atoms with E-state index in [1.54, 1.807) is 17.8 Å². The summed E-state index contributed by atoms with van der Waals surface area (Å²) in [5, 5.41) is 11.9. The highest BCUT2D eigenvalue weighted by atomic mass is 35.5. The average Bonchev–Trinajstić information content (AvgIpc) is 3.24. The van der Waals surface area contributed by atoms with Crippen LogP contribution in [0.25, 0.3) is 22.6 Å². The minimum absolute atomic E-state index is 0.632. The topological polar surface area (TPSA) is 43.9 Å². The van der Waals surface area contributed by atoms with E-state index in [0.29, 0.717) is 15.8 Å². The predicted octanol–water partition coefficient (Wildman–Crippen LogP) is 6.31. The molecule has 2 heterocycles. The fourth-order valence-electron chi connectivity index (χ4n) is 2.74. The van der Waals surface area contributed by atoms with E-state index in [9.17, 15) is 0 Å². The number of fused-ring (bicyclic) bond motifs is 1. The molecule has 132 valence electrons. The molecular weight excluding hydrogens is 389 g/mol. The van der Waals surface area contributed by atoms with Gasteiger partial charge in [-0.25, -0.2) is 0 Å². The van der Waals surface area contributed by atoms with Gasteiger partial charge in [0.15, 0.2) is 10.9 Å². The van der Waals surface area contributed by atoms with E-state index in [2.05, 4.69) is 17.1 Å². The number of thioether (sulfide) groups is 1. The van der Waals surface area contributed by atoms with Crippen LogP contribution in [0.3, 0.4) is 0 Å². The summed E-state index contributed by atoms with van der Waals surface area (Å²) < 4.78 is 7.98. The summed E-state index contributed by atoms with van der Waals surface area (Å²) in [7, 11) is 0. The van der Waals surface area contributed by atoms with Crippen molar-refractivity contribution in [3.63, 3.8) is 0 Å². The van der Waals surface area contributed by atoms with Gasteiger partial charge >= 0.3 is 0 Å². The Labute approximate surface area is 165 Å². The quantitative estimate of drug-likeness (QED) is 0.366. The lowest BCUT2D eigenvalue weighted by Gasteiger charge is -2.07. The Morgan fingerprint density at radius 2 is 1.92 bits per heavy atom. The van der Waals surface area contributed by atoms with E-state index in [4.69, 9.17) is 27.6 Å². The van der Waals surface area contributed by atoms with Crippen molar-refractivity contribution in [2.24, 2.45) is 0 Å². The first-order valence-electron chi connectivity index (χ1n) is 8.14. The zero-order valence-electron chi connectivity index (χ0n) is 13.9. The molecule has 4 nitrogen and oxygen atoms in total. The van der Waals surface area contributed by atoms with Crippen molar-refractivity contribution in [3.05, 3.63) is 64.1 Å². The molecule has 0 aliphatic heterocycles. The molecular formula is C19H15Cl2N3OS. The van der Waals surface area contributed by atoms with Crippen LogP contribution in [0.5, 0.6) is 0 Å². The van der Waals surface area contributed by atoms with Crippen LogP contribution >= 0.6 is 35.0 Å². The molecule has 0 aliphatic rings. The highest BCUT2D eigenvalue weighted by Gasteiger charge is 2.17. The molecule has 26 heavy (non-hydrogen) atoms. The molecule has 4 aromatic rings. The number of furan rings is 1. The number of hydrogen-bond donors (Lipinski definition) is 0. The summed E-state index contributed by atoms with van der Waals surface area (Å²) in [5.41, 5.74) is 1.85. The van der Waals surface area contributed by atoms with Crippen molar-refractivity contribution < 1.29 is 4.42 Å². The molecule has 0 amide bonds. The molecule has 0 aliphatic carbocycles. The lowest BCUT2D eigenvalue weighted by atomic mass is 10.2. The highest BCUT2D eigenvalue weighted by Crippen LogP contribution is 2.32. The molecule has 0 saturated carbocycles. The summed E-state index contributed by atoms with van der Waals surface area (Å²) in [6.45, 7) is 2.81. The number of para-hydroxylation sites is 1. The number of aromatic nitrogens is 3. The molecule has 0 spiro atoms. The first kappa shape index (κ1) is 17.5. The lowest BCUT2D eigenvalue weighted by Crippen LogP contribution is -1.99. The first-order chi connectivity index (χ1) is 12.7. The third kappa shape index (κ3) is 3.34. The van der Waals surface area contributed by atoms with Crippen LogP contribution in [0.1, 0.15) is 12.5 Å². The van der Waals surface area contributed by atoms with E-state index in [1.807, 2.05) is 47.0 Å². The second kappa shape index (κ2) is 7.35. The van der Waals surface area contributed by atoms with Crippen molar-refractivity contribution in [1.82, 2.24) is 14.8 Å². The summed E-state index contributed by atoms with van der Waals surface area (Å²) in [6, 6.07) is 15.4. The van der Waals surface area contributed by atoms with Gasteiger partial charge in [-0.15, -0.1) is 10.2 Å². The Bertz CT molecular complexity index is 1040. The third-order valence-electron chi connectivity index (χ3n) is 4.05. The second-order valence-electron chi connectivity index (χ2n) is 5.72. The molecule has 0 fully saturated rings. The number of nitrogens with zero attached hydrogens (tertiary/aromatic N) is 3. The summed E-state index contributed by atoms with van der Waals surface area (Å²) in [5.74, 6) is 2.14. The van der Waals surface area contributed by atoms with Gasteiger partial charge in [0.05, 0.1) is 0 Å². The molecule has 0 bridgehead atoms. The van der Waals surface area contributed by atoms with Gasteiger partial charge in [-0.3, -0.25) is 4.57 Å². The highest BCUT2D eigenvalue weighted by molar-refractivity contribution is 7.98. The fraction of sp³-hybridized carbons (Fsp3) is 0.158. The van der Waals surface area contributed by atoms with Crippen LogP contribution in [0, 0.1) is 0 Å². The fourth-order valence-corrected chi connectivity index (χ4v) is 4.30. The molecule has 4 rings (SSSR count). The Kier molecular flexibility index (Phi) is 4.94. The van der Waals surface area contributed by atoms with Crippen LogP contribution in [0.2, 0.25) is 10.0 Å². The summed E-state index contributed by atoms with van der Waals surface area (Å²) >= 11 is 13.8. The Morgan fingerprint density at radius 1 is 1.08 bits per heavy atom. The van der Waals surface area contributed by atoms with Gasteiger partial charge in [0.2, 0.25) is 5.82 Å². The number of hydrogen-bond acceptors (Lipinski definition) is 4. The van der Waals surface area contributed by atoms with E-state index in [-0.39, 0.29) is 0 Å². The monoisotopic (exact) mass is 403 g/mol. The third-order valence-corrected chi connectivity index (χ3v) is 5.65. The van der Waals surface area contributed by atoms with Crippen molar-refractivity contribution in [2.45, 2.75) is 24.4 Å². The van der Waals surface area contributed by atoms with Crippen LogP contribution in [0.4, 0.5) is 0 Å². The standard InChI is InChI=1S/C19H15Cl2N3OS/c1-2-24-18(17-9-12-5-3-4-6-16(12)25-17)22-23-19(24)26-11-13-7-8-14(20)10-15(13)21/h3-10H,2,11H2,1H3. The van der Waals surface area contributed by atoms with Crippen molar-refractivity contribution in [3.8, 4) is 11.6 Å². The maximum absolute atomic E-state index is 6.26. The lowest BCUT2D eigenvalue weighted by molar-refractivity contribution is 0.607. The largest absolute Gasteiger partial charge is 0.453 e. The zero-order chi connectivity index (χ0) is 18.1. The molecule has 0 atom stereocenters. The normalized spacial score (nSPS) is 11.3. The summed E-state index contributed by atoms with van der Waals surface area (Å²) in [4.78, 5) is 0. The van der Waals surface area contributed by atoms with Crippen molar-refractivity contribution in [2.75, 3.05) is 0 Å². The van der Waals surface area contributed by atoms with Crippen LogP contribution in [-0.2, 0) is 12.3 Å². The van der Waals surface area contributed by atoms with Crippen LogP contribution in [0.15, 0.2) is 58.1 Å². The Hall–Kier alpha value is -1.95. The van der Waals surface area contributed by atoms with E-state index >= 15 is 0 Å². The molecule has 2 aromatic carbocycles. The van der Waals surface area contributed by atoms with Crippen LogP contribution < -0.4 is 0 Å². The van der Waals surface area contributed by atoms with E-state index in [0.717, 1.165) is 39.8 Å². The van der Waals surface area contributed by atoms with Crippen molar-refractivity contribution >= 4 is 45.9 Å². The average molecular weight is 404 g/mol. The van der Waals surface area contributed by atoms with E-state index < -0.39 is 0 Å². The minimum atomic E-state index is 0.632. The van der Waals surface area contributed by atoms with Gasteiger partial charge in [0.25, 0.3) is 0 Å². The molecule has 7 heteroatoms. The maximum Gasteiger partial charge on any atom is 0.200 e. The van der Waals surface area contributed by atoms with Gasteiger partial charge in [0.1, 0.15) is 5.58 Å². The van der Waals surface area contributed by atoms with E-state index in [1.165, 1.54) is 0 Å². The molecule has 0 N–H and O–H groups in total. The zero-order valence-corrected chi connectivity index (χ0v) is 16.3. The van der Waals surface area contributed by atoms with Gasteiger partial charge < -0.3 is 4.42 Å². The molecule has 0 saturated heterocycles. The molecule has 0 unspecified atom stereocenters. The SMILES string of the molecule is CCn1c(SCc2ccc(Cl)cc2Cl)nnc1-c1cc2ccccc2o1. The van der Waals surface area contributed by atoms with Gasteiger partial charge in [-0.1, -0.05) is 59.2 Å². The van der Waals surface area contributed by atoms with Crippen molar-refractivity contribution in [1.29, 1.82) is 0 Å². The smallest absolute Gasteiger partial charge is 0.200 e. The predicted molar refractivity (Wildman–Crippen MR) is 107 cm³/mol. The minimum Gasteiger partial charge on any atom is -0.453 e. The maximum atomic E-state index is 6.26. The van der Waals surface area contributed by atoms with Crippen LogP contribution in [-0.4, -0.2) is 14.8 Å². The second-order valence-corrected chi connectivity index (χ2v) is 7.51. The van der Waals surface area contributed by atoms with Gasteiger partial charge in [-0.05, 0) is 36.8 Å². The Morgan fingerprint density at radius 3 is 2.69 bits per heavy atom. The molecule has 0 radical (unpaired) electrons. The summed E-state index contributed by atoms with van der Waals surface area (Å²) in [6.07, 6.45) is 0. The Balaban J connectivity index is 1.62. The number of benzene rings is 2. The van der Waals surface area contributed by atoms with Gasteiger partial charge in [-0.2, -0.15) is 0 Å². The number of halogens is 2. The number of rotatable bonds is 5. The first-order valence-corrected chi connectivity index (χ1v) is 9.88. The molecule has 2 aromatic heterocycles. The van der Waals surface area contributed by atoms with Gasteiger partial charge in [0, 0.05) is 27.7 Å².